The monoisotopic (exact) mass is 358 g/mol. The van der Waals surface area contributed by atoms with E-state index in [4.69, 9.17) is 16.3 Å². The molecule has 0 amide bonds. The maximum absolute atomic E-state index is 13.2. The molecule has 25 heavy (non-hydrogen) atoms. The lowest BCUT2D eigenvalue weighted by molar-refractivity contribution is 0.294. The van der Waals surface area contributed by atoms with Gasteiger partial charge in [0.2, 0.25) is 5.78 Å². The average molecular weight is 359 g/mol. The van der Waals surface area contributed by atoms with Crippen molar-refractivity contribution in [3.63, 3.8) is 0 Å². The Kier molecular flexibility index (Phi) is 3.65. The number of hydrogen-bond acceptors (Lipinski definition) is 4. The summed E-state index contributed by atoms with van der Waals surface area (Å²) < 4.78 is 22.1. The molecule has 6 nitrogen and oxygen atoms in total. The number of ether oxygens (including phenoxy) is 1. The maximum Gasteiger partial charge on any atom is 0.262 e. The Bertz CT molecular complexity index is 1170. The Labute approximate surface area is 146 Å². The molecule has 0 aliphatic rings. The van der Waals surface area contributed by atoms with Gasteiger partial charge in [-0.25, -0.2) is 4.39 Å². The van der Waals surface area contributed by atoms with Crippen LogP contribution in [0.4, 0.5) is 4.39 Å². The number of aromatic nitrogens is 4. The van der Waals surface area contributed by atoms with Crippen LogP contribution in [0.5, 0.6) is 5.75 Å². The van der Waals surface area contributed by atoms with Crippen LogP contribution < -0.4 is 10.3 Å². The van der Waals surface area contributed by atoms with Crippen LogP contribution in [0, 0.1) is 5.82 Å². The molecule has 8 heteroatoms. The van der Waals surface area contributed by atoms with Crippen LogP contribution in [0.1, 0.15) is 5.82 Å². The van der Waals surface area contributed by atoms with Crippen molar-refractivity contribution in [2.75, 3.05) is 0 Å². The lowest BCUT2D eigenvalue weighted by Gasteiger charge is -2.09. The predicted molar refractivity (Wildman–Crippen MR) is 91.5 cm³/mol. The Morgan fingerprint density at radius 1 is 1.20 bits per heavy atom. The second-order valence-corrected chi connectivity index (χ2v) is 5.90. The molecule has 2 aromatic carbocycles. The van der Waals surface area contributed by atoms with Gasteiger partial charge >= 0.3 is 0 Å². The zero-order chi connectivity index (χ0) is 17.6. The Hall–Kier alpha value is -2.93. The zero-order valence-corrected chi connectivity index (χ0v) is 13.9. The molecule has 0 unspecified atom stereocenters. The smallest absolute Gasteiger partial charge is 0.262 e. The molecule has 0 fully saturated rings. The highest BCUT2D eigenvalue weighted by Gasteiger charge is 2.15. The predicted octanol–water partition coefficient (Wildman–Crippen LogP) is 2.95. The van der Waals surface area contributed by atoms with Crippen LogP contribution >= 0.6 is 11.6 Å². The van der Waals surface area contributed by atoms with E-state index in [1.165, 1.54) is 22.8 Å². The van der Waals surface area contributed by atoms with Gasteiger partial charge in [0.1, 0.15) is 18.2 Å². The lowest BCUT2D eigenvalue weighted by Crippen LogP contribution is -2.20. The minimum atomic E-state index is -0.511. The quantitative estimate of drug-likeness (QED) is 0.565. The molecule has 0 spiro atoms. The van der Waals surface area contributed by atoms with E-state index in [0.29, 0.717) is 28.3 Å². The summed E-state index contributed by atoms with van der Waals surface area (Å²) in [6, 6.07) is 11.3. The largest absolute Gasteiger partial charge is 0.486 e. The number of halogens is 2. The fourth-order valence-corrected chi connectivity index (χ4v) is 2.87. The molecule has 4 rings (SSSR count). The van der Waals surface area contributed by atoms with E-state index in [-0.39, 0.29) is 17.2 Å². The molecule has 0 radical (unpaired) electrons. The van der Waals surface area contributed by atoms with E-state index >= 15 is 0 Å². The molecule has 0 aliphatic carbocycles. The SMILES string of the molecule is Cn1c(=O)c2ccccc2n2c(COc3ccc(F)c(Cl)c3)nnc12. The van der Waals surface area contributed by atoms with Gasteiger partial charge in [0.25, 0.3) is 5.56 Å². The van der Waals surface area contributed by atoms with E-state index in [1.54, 1.807) is 23.6 Å². The number of rotatable bonds is 3. The number of para-hydroxylation sites is 1. The van der Waals surface area contributed by atoms with Crippen LogP contribution in [-0.2, 0) is 13.7 Å². The van der Waals surface area contributed by atoms with Gasteiger partial charge in [-0.3, -0.25) is 13.8 Å². The molecule has 0 saturated heterocycles. The summed E-state index contributed by atoms with van der Waals surface area (Å²) in [6.07, 6.45) is 0. The van der Waals surface area contributed by atoms with E-state index in [9.17, 15) is 9.18 Å². The highest BCUT2D eigenvalue weighted by atomic mass is 35.5. The minimum Gasteiger partial charge on any atom is -0.486 e. The molecule has 0 bridgehead atoms. The number of aryl methyl sites for hydroxylation is 1. The molecule has 4 aromatic rings. The van der Waals surface area contributed by atoms with E-state index in [2.05, 4.69) is 10.2 Å². The number of hydrogen-bond donors (Lipinski definition) is 0. The first-order chi connectivity index (χ1) is 12.1. The van der Waals surface area contributed by atoms with Gasteiger partial charge in [-0.2, -0.15) is 0 Å². The van der Waals surface area contributed by atoms with Crippen molar-refractivity contribution >= 4 is 28.3 Å². The van der Waals surface area contributed by atoms with E-state index in [0.717, 1.165) is 0 Å². The normalized spacial score (nSPS) is 11.3. The first-order valence-corrected chi connectivity index (χ1v) is 7.83. The maximum atomic E-state index is 13.2. The van der Waals surface area contributed by atoms with Gasteiger partial charge in [0.05, 0.1) is 15.9 Å². The van der Waals surface area contributed by atoms with Gasteiger partial charge in [-0.1, -0.05) is 23.7 Å². The zero-order valence-electron chi connectivity index (χ0n) is 13.1. The van der Waals surface area contributed by atoms with Crippen molar-refractivity contribution in [1.29, 1.82) is 0 Å². The molecule has 126 valence electrons. The molecule has 0 N–H and O–H groups in total. The van der Waals surface area contributed by atoms with Gasteiger partial charge in [0.15, 0.2) is 5.82 Å². The average Bonchev–Trinajstić information content (AvgIpc) is 3.05. The van der Waals surface area contributed by atoms with Crippen molar-refractivity contribution in [2.45, 2.75) is 6.61 Å². The second kappa shape index (κ2) is 5.86. The molecule has 0 saturated carbocycles. The van der Waals surface area contributed by atoms with Gasteiger partial charge in [-0.15, -0.1) is 10.2 Å². The summed E-state index contributed by atoms with van der Waals surface area (Å²) in [5.74, 6) is 0.835. The molecular weight excluding hydrogens is 347 g/mol. The van der Waals surface area contributed by atoms with Crippen LogP contribution in [0.15, 0.2) is 47.3 Å². The number of benzene rings is 2. The molecule has 2 aromatic heterocycles. The summed E-state index contributed by atoms with van der Waals surface area (Å²) in [5, 5.41) is 8.75. The van der Waals surface area contributed by atoms with Crippen LogP contribution in [-0.4, -0.2) is 19.2 Å². The number of nitrogens with zero attached hydrogens (tertiary/aromatic N) is 4. The van der Waals surface area contributed by atoms with Crippen molar-refractivity contribution in [2.24, 2.45) is 7.05 Å². The van der Waals surface area contributed by atoms with E-state index in [1.807, 2.05) is 12.1 Å². The van der Waals surface area contributed by atoms with Crippen LogP contribution in [0.2, 0.25) is 5.02 Å². The third-order valence-corrected chi connectivity index (χ3v) is 4.24. The van der Waals surface area contributed by atoms with Crippen molar-refractivity contribution in [3.8, 4) is 5.75 Å². The molecule has 0 aliphatic heterocycles. The fraction of sp³-hybridized carbons (Fsp3) is 0.118. The highest BCUT2D eigenvalue weighted by Crippen LogP contribution is 2.22. The van der Waals surface area contributed by atoms with Crippen molar-refractivity contribution < 1.29 is 9.13 Å². The van der Waals surface area contributed by atoms with Gasteiger partial charge in [0, 0.05) is 13.1 Å². The highest BCUT2D eigenvalue weighted by molar-refractivity contribution is 6.30. The molecule has 0 atom stereocenters. The minimum absolute atomic E-state index is 0.0172. The summed E-state index contributed by atoms with van der Waals surface area (Å²) in [4.78, 5) is 12.4. The second-order valence-electron chi connectivity index (χ2n) is 5.50. The van der Waals surface area contributed by atoms with Crippen molar-refractivity contribution in [1.82, 2.24) is 19.2 Å². The standard InChI is InChI=1S/C17H12ClFN4O2/c1-22-16(24)11-4-2-3-5-14(11)23-15(20-21-17(22)23)9-25-10-6-7-13(19)12(18)8-10/h2-8H,9H2,1H3. The van der Waals surface area contributed by atoms with Crippen LogP contribution in [0.25, 0.3) is 16.7 Å². The van der Waals surface area contributed by atoms with Crippen LogP contribution in [0.3, 0.4) is 0 Å². The van der Waals surface area contributed by atoms with E-state index < -0.39 is 5.82 Å². The Morgan fingerprint density at radius 2 is 2.00 bits per heavy atom. The summed E-state index contributed by atoms with van der Waals surface area (Å²) in [7, 11) is 1.64. The Balaban J connectivity index is 1.80. The van der Waals surface area contributed by atoms with Crippen molar-refractivity contribution in [3.05, 3.63) is 69.5 Å². The first kappa shape index (κ1) is 15.6. The topological polar surface area (TPSA) is 61.4 Å². The van der Waals surface area contributed by atoms with Gasteiger partial charge < -0.3 is 4.74 Å². The third kappa shape index (κ3) is 2.53. The summed E-state index contributed by atoms with van der Waals surface area (Å²) in [6.45, 7) is 0.0886. The first-order valence-electron chi connectivity index (χ1n) is 7.46. The summed E-state index contributed by atoms with van der Waals surface area (Å²) in [5.41, 5.74) is 0.551. The fourth-order valence-electron chi connectivity index (χ4n) is 2.70. The third-order valence-electron chi connectivity index (χ3n) is 3.95. The number of fused-ring (bicyclic) bond motifs is 3. The molecule has 2 heterocycles. The van der Waals surface area contributed by atoms with Gasteiger partial charge in [-0.05, 0) is 24.3 Å². The lowest BCUT2D eigenvalue weighted by atomic mass is 10.2. The summed E-state index contributed by atoms with van der Waals surface area (Å²) >= 11 is 5.76. The Morgan fingerprint density at radius 3 is 2.80 bits per heavy atom. The molecular formula is C17H12ClFN4O2.